The maximum atomic E-state index is 12.7. The molecule has 2 unspecified atom stereocenters. The molecule has 0 saturated carbocycles. The molecule has 0 heterocycles. The predicted octanol–water partition coefficient (Wildman–Crippen LogP) is 19.4. The van der Waals surface area contributed by atoms with Crippen molar-refractivity contribution >= 4 is 19.8 Å². The number of hydrogen-bond donors (Lipinski definition) is 2. The first-order valence-electron chi connectivity index (χ1n) is 30.4. The molecule has 0 rings (SSSR count). The third kappa shape index (κ3) is 59.8. The van der Waals surface area contributed by atoms with E-state index < -0.39 is 26.5 Å². The third-order valence-electron chi connectivity index (χ3n) is 12.6. The Morgan fingerprint density at radius 1 is 0.413 bits per heavy atom. The van der Waals surface area contributed by atoms with Gasteiger partial charge in [0.1, 0.15) is 6.61 Å². The molecule has 0 fully saturated rings. The van der Waals surface area contributed by atoms with Crippen LogP contribution < -0.4 is 5.73 Å². The van der Waals surface area contributed by atoms with Gasteiger partial charge in [-0.3, -0.25) is 18.6 Å². The molecule has 0 aromatic heterocycles. The van der Waals surface area contributed by atoms with Gasteiger partial charge in [0, 0.05) is 19.4 Å². The zero-order chi connectivity index (χ0) is 54.5. The lowest BCUT2D eigenvalue weighted by molar-refractivity contribution is -0.161. The van der Waals surface area contributed by atoms with E-state index in [2.05, 4.69) is 123 Å². The summed E-state index contributed by atoms with van der Waals surface area (Å²) in [5.41, 5.74) is 5.38. The minimum absolute atomic E-state index is 0.0483. The minimum atomic E-state index is -4.40. The van der Waals surface area contributed by atoms with E-state index in [4.69, 9.17) is 24.3 Å². The Balaban J connectivity index is 3.98. The number of ether oxygens (including phenoxy) is 2. The van der Waals surface area contributed by atoms with Crippen LogP contribution in [0.15, 0.2) is 109 Å². The first-order valence-corrected chi connectivity index (χ1v) is 31.9. The van der Waals surface area contributed by atoms with E-state index in [1.165, 1.54) is 128 Å². The molecule has 0 aromatic carbocycles. The first kappa shape index (κ1) is 71.7. The zero-order valence-electron chi connectivity index (χ0n) is 48.0. The van der Waals surface area contributed by atoms with Gasteiger partial charge < -0.3 is 20.1 Å². The Bertz CT molecular complexity index is 1590. The van der Waals surface area contributed by atoms with Gasteiger partial charge in [-0.05, 0) is 103 Å². The summed E-state index contributed by atoms with van der Waals surface area (Å²) in [6, 6.07) is 0. The molecule has 0 saturated heterocycles. The monoisotopic (exact) mass is 1070 g/mol. The van der Waals surface area contributed by atoms with Crippen molar-refractivity contribution in [1.29, 1.82) is 0 Å². The largest absolute Gasteiger partial charge is 0.472 e. The molecule has 10 heteroatoms. The molecule has 0 amide bonds. The maximum Gasteiger partial charge on any atom is 0.472 e. The van der Waals surface area contributed by atoms with Crippen molar-refractivity contribution < 1.29 is 37.6 Å². The molecule has 3 N–H and O–H groups in total. The van der Waals surface area contributed by atoms with Crippen LogP contribution in [0.4, 0.5) is 0 Å². The second kappa shape index (κ2) is 59.9. The summed E-state index contributed by atoms with van der Waals surface area (Å²) in [6.45, 7) is 3.63. The molecule has 0 aliphatic rings. The van der Waals surface area contributed by atoms with Crippen LogP contribution in [0.3, 0.4) is 0 Å². The van der Waals surface area contributed by atoms with Crippen molar-refractivity contribution in [3.05, 3.63) is 109 Å². The number of phosphoric ester groups is 1. The van der Waals surface area contributed by atoms with Gasteiger partial charge in [0.2, 0.25) is 0 Å². The van der Waals surface area contributed by atoms with Gasteiger partial charge >= 0.3 is 19.8 Å². The summed E-state index contributed by atoms with van der Waals surface area (Å²) < 4.78 is 33.1. The average Bonchev–Trinajstić information content (AvgIpc) is 3.40. The summed E-state index contributed by atoms with van der Waals surface area (Å²) in [6.07, 6.45) is 81.4. The molecular weight excluding hydrogens is 954 g/mol. The molecule has 2 atom stereocenters. The van der Waals surface area contributed by atoms with E-state index in [9.17, 15) is 19.0 Å². The van der Waals surface area contributed by atoms with Gasteiger partial charge in [-0.2, -0.15) is 0 Å². The molecular formula is C65H112NO8P. The summed E-state index contributed by atoms with van der Waals surface area (Å²) >= 11 is 0. The summed E-state index contributed by atoms with van der Waals surface area (Å²) in [5, 5.41) is 0. The highest BCUT2D eigenvalue weighted by molar-refractivity contribution is 7.47. The van der Waals surface area contributed by atoms with E-state index in [1.54, 1.807) is 0 Å². The fourth-order valence-electron chi connectivity index (χ4n) is 8.18. The zero-order valence-corrected chi connectivity index (χ0v) is 48.9. The van der Waals surface area contributed by atoms with Crippen LogP contribution in [-0.4, -0.2) is 49.3 Å². The molecule has 75 heavy (non-hydrogen) atoms. The predicted molar refractivity (Wildman–Crippen MR) is 321 cm³/mol. The van der Waals surface area contributed by atoms with E-state index in [-0.39, 0.29) is 38.6 Å². The number of carbonyl (C=O) groups excluding carboxylic acids is 2. The lowest BCUT2D eigenvalue weighted by atomic mass is 10.0. The molecule has 0 aliphatic heterocycles. The first-order chi connectivity index (χ1) is 36.8. The third-order valence-corrected chi connectivity index (χ3v) is 13.6. The summed E-state index contributed by atoms with van der Waals surface area (Å²) in [7, 11) is -4.40. The highest BCUT2D eigenvalue weighted by Crippen LogP contribution is 2.43. The van der Waals surface area contributed by atoms with Gasteiger partial charge in [-0.15, -0.1) is 0 Å². The van der Waals surface area contributed by atoms with Crippen LogP contribution in [0.1, 0.15) is 258 Å². The van der Waals surface area contributed by atoms with Crippen LogP contribution in [-0.2, 0) is 32.7 Å². The quantitative estimate of drug-likeness (QED) is 0.0264. The van der Waals surface area contributed by atoms with E-state index >= 15 is 0 Å². The van der Waals surface area contributed by atoms with Crippen molar-refractivity contribution in [1.82, 2.24) is 0 Å². The van der Waals surface area contributed by atoms with Gasteiger partial charge in [-0.1, -0.05) is 252 Å². The molecule has 0 spiro atoms. The molecule has 430 valence electrons. The van der Waals surface area contributed by atoms with Crippen LogP contribution in [0, 0.1) is 0 Å². The summed E-state index contributed by atoms with van der Waals surface area (Å²) in [4.78, 5) is 35.2. The molecule has 9 nitrogen and oxygen atoms in total. The normalized spacial score (nSPS) is 13.8. The molecule has 0 radical (unpaired) electrons. The van der Waals surface area contributed by atoms with Gasteiger partial charge in [0.25, 0.3) is 0 Å². The van der Waals surface area contributed by atoms with E-state index in [0.29, 0.717) is 6.42 Å². The van der Waals surface area contributed by atoms with Gasteiger partial charge in [0.15, 0.2) is 6.10 Å². The van der Waals surface area contributed by atoms with Gasteiger partial charge in [-0.25, -0.2) is 4.57 Å². The molecule has 0 bridgehead atoms. The van der Waals surface area contributed by atoms with Crippen LogP contribution in [0.5, 0.6) is 0 Å². The fraction of sp³-hybridized carbons (Fsp3) is 0.692. The smallest absolute Gasteiger partial charge is 0.462 e. The highest BCUT2D eigenvalue weighted by Gasteiger charge is 2.26. The van der Waals surface area contributed by atoms with Crippen LogP contribution in [0.25, 0.3) is 0 Å². The van der Waals surface area contributed by atoms with Crippen LogP contribution in [0.2, 0.25) is 0 Å². The van der Waals surface area contributed by atoms with Crippen molar-refractivity contribution in [3.8, 4) is 0 Å². The minimum Gasteiger partial charge on any atom is -0.462 e. The number of carbonyl (C=O) groups is 2. The Morgan fingerprint density at radius 3 is 1.11 bits per heavy atom. The van der Waals surface area contributed by atoms with Gasteiger partial charge in [0.05, 0.1) is 13.2 Å². The fourth-order valence-corrected chi connectivity index (χ4v) is 8.94. The van der Waals surface area contributed by atoms with E-state index in [0.717, 1.165) is 96.3 Å². The second-order valence-corrected chi connectivity index (χ2v) is 21.3. The van der Waals surface area contributed by atoms with Crippen molar-refractivity contribution in [2.45, 2.75) is 264 Å². The Morgan fingerprint density at radius 2 is 0.733 bits per heavy atom. The Kier molecular flexibility index (Phi) is 57.2. The number of nitrogens with two attached hydrogens (primary N) is 1. The SMILES string of the molecule is CC/C=C\C/C=C\C/C=C\C/C=C\C/C=C\C/C=C\C/C=C\C/C=C\CCCCCCCCCCCCC(=O)OC(COC(=O)CCCCCCCCCCC/C=C\CCCCCCCC)COP(=O)(O)OCCN. The standard InChI is InChI=1S/C65H112NO8P/c1-3-5-7-9-11-13-15-17-19-21-23-24-25-26-27-28-29-30-31-32-33-34-35-36-37-38-40-42-44-46-48-50-52-54-56-58-65(68)74-63(62-73-75(69,70)72-60-59-66)61-71-64(67)57-55-53-51-49-47-45-43-41-39-22-20-18-16-14-12-10-8-6-4-2/h5,7,11,13,17-20,23-24,26-27,29-30,32-33,35-36,63H,3-4,6,8-10,12,14-16,21-22,25,28,31,34,37-62,66H2,1-2H3,(H,69,70)/b7-5-,13-11-,19-17-,20-18-,24-23-,27-26-,30-29-,33-32-,36-35-. The highest BCUT2D eigenvalue weighted by atomic mass is 31.2. The molecule has 0 aromatic rings. The van der Waals surface area contributed by atoms with Crippen molar-refractivity contribution in [2.75, 3.05) is 26.4 Å². The topological polar surface area (TPSA) is 134 Å². The lowest BCUT2D eigenvalue weighted by Gasteiger charge is -2.19. The maximum absolute atomic E-state index is 12.7. The number of rotatable bonds is 56. The van der Waals surface area contributed by atoms with Crippen molar-refractivity contribution in [3.63, 3.8) is 0 Å². The average molecular weight is 1070 g/mol. The van der Waals surface area contributed by atoms with Crippen molar-refractivity contribution in [2.24, 2.45) is 5.73 Å². The number of hydrogen-bond acceptors (Lipinski definition) is 8. The second-order valence-electron chi connectivity index (χ2n) is 19.8. The number of esters is 2. The summed E-state index contributed by atoms with van der Waals surface area (Å²) in [5.74, 6) is -0.835. The van der Waals surface area contributed by atoms with Crippen LogP contribution >= 0.6 is 7.82 Å². The Labute approximate surface area is 460 Å². The Hall–Kier alpha value is -3.33. The number of allylic oxidation sites excluding steroid dienone is 18. The van der Waals surface area contributed by atoms with E-state index in [1.807, 2.05) is 0 Å². The molecule has 0 aliphatic carbocycles. The lowest BCUT2D eigenvalue weighted by Crippen LogP contribution is -2.29. The number of unbranched alkanes of at least 4 members (excludes halogenated alkanes) is 25. The number of phosphoric acid groups is 1.